The quantitative estimate of drug-likeness (QED) is 0.0359. The van der Waals surface area contributed by atoms with Crippen LogP contribution in [-0.2, 0) is 8.85 Å². The van der Waals surface area contributed by atoms with E-state index in [2.05, 4.69) is 101 Å². The van der Waals surface area contributed by atoms with Crippen molar-refractivity contribution in [2.45, 2.75) is 193 Å². The normalized spacial score (nSPS) is 15.1. The van der Waals surface area contributed by atoms with E-state index in [9.17, 15) is 0 Å². The van der Waals surface area contributed by atoms with Gasteiger partial charge in [-0.15, -0.1) is 11.8 Å². The highest BCUT2D eigenvalue weighted by atomic mass is 32.2. The molecular weight excluding hydrogens is 657 g/mol. The molecular formula is C40H86N4O2SSi2. The van der Waals surface area contributed by atoms with E-state index in [1.807, 2.05) is 14.2 Å². The third kappa shape index (κ3) is 18.9. The third-order valence-electron chi connectivity index (χ3n) is 10.9. The van der Waals surface area contributed by atoms with Crippen LogP contribution in [0.2, 0.25) is 12.1 Å². The predicted octanol–water partition coefficient (Wildman–Crippen LogP) is 10.1. The molecule has 0 aliphatic carbocycles. The Hall–Kier alpha value is 0.544. The molecule has 4 radical (unpaired) electrons. The molecule has 49 heavy (non-hydrogen) atoms. The maximum Gasteiger partial charge on any atom is 0.229 e. The molecule has 0 aromatic carbocycles. The van der Waals surface area contributed by atoms with Crippen molar-refractivity contribution in [3.8, 4) is 0 Å². The number of unbranched alkanes of at least 4 members (excludes halogenated alkanes) is 10. The van der Waals surface area contributed by atoms with Crippen molar-refractivity contribution in [1.29, 1.82) is 0 Å². The fourth-order valence-corrected chi connectivity index (χ4v) is 11.8. The van der Waals surface area contributed by atoms with Crippen molar-refractivity contribution in [3.63, 3.8) is 0 Å². The Morgan fingerprint density at radius 2 is 0.673 bits per heavy atom. The lowest BCUT2D eigenvalue weighted by molar-refractivity contribution is 0.0169. The van der Waals surface area contributed by atoms with E-state index in [0.29, 0.717) is 31.9 Å². The molecule has 2 unspecified atom stereocenters. The summed E-state index contributed by atoms with van der Waals surface area (Å²) in [7, 11) is 5.02. The molecule has 0 N–H and O–H groups in total. The number of hydrogen-bond acceptors (Lipinski definition) is 7. The monoisotopic (exact) mass is 743 g/mol. The van der Waals surface area contributed by atoms with Crippen LogP contribution in [0.3, 0.4) is 0 Å². The van der Waals surface area contributed by atoms with Gasteiger partial charge in [0.1, 0.15) is 0 Å². The second kappa shape index (κ2) is 30.9. The van der Waals surface area contributed by atoms with Gasteiger partial charge < -0.3 is 8.85 Å². The van der Waals surface area contributed by atoms with Crippen LogP contribution in [-0.4, -0.2) is 128 Å². The Balaban J connectivity index is 6.54. The highest BCUT2D eigenvalue weighted by Gasteiger charge is 2.49. The Kier molecular flexibility index (Phi) is 31.3. The molecule has 0 bridgehead atoms. The topological polar surface area (TPSA) is 31.4 Å². The molecule has 0 amide bonds. The average molecular weight is 743 g/mol. The molecule has 0 aliphatic rings. The summed E-state index contributed by atoms with van der Waals surface area (Å²) in [6, 6.07) is 2.46. The summed E-state index contributed by atoms with van der Waals surface area (Å²) in [5, 5.41) is 0. The molecule has 0 aromatic heterocycles. The lowest BCUT2D eigenvalue weighted by atomic mass is 9.94. The highest BCUT2D eigenvalue weighted by molar-refractivity contribution is 8.02. The largest absolute Gasteiger partial charge is 0.421 e. The molecule has 0 rings (SSSR count). The summed E-state index contributed by atoms with van der Waals surface area (Å²) in [6.45, 7) is 33.3. The van der Waals surface area contributed by atoms with Crippen LogP contribution in [0.25, 0.3) is 0 Å². The summed E-state index contributed by atoms with van der Waals surface area (Å²) in [5.41, 5.74) is 0. The second-order valence-electron chi connectivity index (χ2n) is 14.3. The SMILES string of the molecule is CCN(CC)C(N(CC)CC)C(C)(CCCCCCCC[Si]OC)SC(C)(CCCCCCCC[Si]OC)C(N(CC)CC)N(CC)CC. The van der Waals surface area contributed by atoms with Gasteiger partial charge in [0, 0.05) is 23.7 Å². The zero-order valence-corrected chi connectivity index (χ0v) is 38.0. The van der Waals surface area contributed by atoms with E-state index in [4.69, 9.17) is 8.85 Å². The first-order valence-electron chi connectivity index (χ1n) is 20.8. The molecule has 2 atom stereocenters. The highest BCUT2D eigenvalue weighted by Crippen LogP contribution is 2.50. The van der Waals surface area contributed by atoms with Gasteiger partial charge in [-0.25, -0.2) is 0 Å². The van der Waals surface area contributed by atoms with E-state index in [1.165, 1.54) is 102 Å². The number of nitrogens with zero attached hydrogens (tertiary/aromatic N) is 4. The minimum atomic E-state index is 0.118. The lowest BCUT2D eigenvalue weighted by Crippen LogP contribution is -2.64. The zero-order valence-electron chi connectivity index (χ0n) is 35.1. The maximum absolute atomic E-state index is 5.30. The number of hydrogen-bond donors (Lipinski definition) is 0. The van der Waals surface area contributed by atoms with Crippen LogP contribution in [0.4, 0.5) is 0 Å². The van der Waals surface area contributed by atoms with E-state index in [0.717, 1.165) is 52.4 Å². The predicted molar refractivity (Wildman–Crippen MR) is 223 cm³/mol. The van der Waals surface area contributed by atoms with Gasteiger partial charge in [-0.05, 0) is 91.1 Å². The molecule has 0 aliphatic heterocycles. The first-order valence-corrected chi connectivity index (χ1v) is 23.9. The fraction of sp³-hybridized carbons (Fsp3) is 1.00. The van der Waals surface area contributed by atoms with Crippen molar-refractivity contribution in [2.24, 2.45) is 0 Å². The summed E-state index contributed by atoms with van der Waals surface area (Å²) >= 11 is 2.41. The second-order valence-corrected chi connectivity index (χ2v) is 18.8. The first-order chi connectivity index (χ1) is 23.7. The minimum Gasteiger partial charge on any atom is -0.421 e. The standard InChI is InChI=1S/C40H86N4O2SSi2/c1-13-41(14-2)37(42(15-3)16-4)39(9,33-29-25-21-23-27-31-35-48-45-11)47-40(10,34-30-26-22-24-28-32-36-49-46-12)38(43(17-5)18-6)44(19-7)20-8/h37-38H,13-36H2,1-12H3. The Morgan fingerprint density at radius 1 is 0.429 bits per heavy atom. The van der Waals surface area contributed by atoms with Crippen molar-refractivity contribution in [1.82, 2.24) is 19.6 Å². The van der Waals surface area contributed by atoms with Gasteiger partial charge in [0.05, 0.1) is 12.3 Å². The van der Waals surface area contributed by atoms with Crippen molar-refractivity contribution in [3.05, 3.63) is 0 Å². The summed E-state index contributed by atoms with van der Waals surface area (Å²) in [6.07, 6.45) is 19.6. The third-order valence-corrected chi connectivity index (χ3v) is 14.3. The molecule has 0 heterocycles. The van der Waals surface area contributed by atoms with Gasteiger partial charge in [0.2, 0.25) is 19.5 Å². The summed E-state index contributed by atoms with van der Waals surface area (Å²) < 4.78 is 10.8. The molecule has 0 spiro atoms. The molecule has 292 valence electrons. The molecule has 0 fully saturated rings. The lowest BCUT2D eigenvalue weighted by Gasteiger charge is -2.55. The minimum absolute atomic E-state index is 0.118. The van der Waals surface area contributed by atoms with E-state index < -0.39 is 0 Å². The van der Waals surface area contributed by atoms with Gasteiger partial charge in [0.25, 0.3) is 0 Å². The van der Waals surface area contributed by atoms with Crippen molar-refractivity contribution >= 4 is 31.3 Å². The van der Waals surface area contributed by atoms with Crippen LogP contribution in [0.1, 0.15) is 159 Å². The van der Waals surface area contributed by atoms with Gasteiger partial charge in [0.15, 0.2) is 0 Å². The molecule has 6 nitrogen and oxygen atoms in total. The van der Waals surface area contributed by atoms with Crippen LogP contribution in [0.15, 0.2) is 0 Å². The fourth-order valence-electron chi connectivity index (χ4n) is 8.25. The molecule has 0 saturated carbocycles. The van der Waals surface area contributed by atoms with E-state index >= 15 is 0 Å². The van der Waals surface area contributed by atoms with Crippen LogP contribution >= 0.6 is 11.8 Å². The molecule has 0 aromatic rings. The Bertz CT molecular complexity index is 646. The smallest absolute Gasteiger partial charge is 0.229 e. The van der Waals surface area contributed by atoms with Crippen molar-refractivity contribution in [2.75, 3.05) is 66.6 Å². The van der Waals surface area contributed by atoms with Gasteiger partial charge in [-0.2, -0.15) is 0 Å². The number of thioether (sulfide) groups is 1. The summed E-state index contributed by atoms with van der Waals surface area (Å²) in [4.78, 5) is 11.2. The number of rotatable bonds is 36. The molecule has 9 heteroatoms. The zero-order chi connectivity index (χ0) is 37.0. The Labute approximate surface area is 318 Å². The van der Waals surface area contributed by atoms with Crippen molar-refractivity contribution < 1.29 is 8.85 Å². The average Bonchev–Trinajstić information content (AvgIpc) is 3.10. The van der Waals surface area contributed by atoms with E-state index in [-0.39, 0.29) is 9.49 Å². The Morgan fingerprint density at radius 3 is 0.918 bits per heavy atom. The summed E-state index contributed by atoms with van der Waals surface area (Å²) in [5.74, 6) is 0. The van der Waals surface area contributed by atoms with Gasteiger partial charge in [-0.3, -0.25) is 19.6 Å². The van der Waals surface area contributed by atoms with Crippen LogP contribution < -0.4 is 0 Å². The molecule has 0 saturated heterocycles. The van der Waals surface area contributed by atoms with Crippen LogP contribution in [0, 0.1) is 0 Å². The van der Waals surface area contributed by atoms with E-state index in [1.54, 1.807) is 0 Å². The van der Waals surface area contributed by atoms with Gasteiger partial charge in [-0.1, -0.05) is 132 Å². The first kappa shape index (κ1) is 49.5. The van der Waals surface area contributed by atoms with Crippen LogP contribution in [0.5, 0.6) is 0 Å². The maximum atomic E-state index is 5.30. The van der Waals surface area contributed by atoms with Gasteiger partial charge >= 0.3 is 0 Å².